The van der Waals surface area contributed by atoms with Gasteiger partial charge in [0, 0.05) is 23.0 Å². The quantitative estimate of drug-likeness (QED) is 0.509. The Morgan fingerprint density at radius 2 is 1.83 bits per heavy atom. The first-order chi connectivity index (χ1) is 14.1. The standard InChI is InChI=1S/C21H19BrN4O2S/c22-17-10-5-4-9-16(17)20-23-24-21(26(20)13-15-7-2-1-3-8-15)29-14-19(28)25-12-6-11-18(25)27/h1-5,7-10H,6,11-14H2. The fraction of sp³-hybridized carbons (Fsp3) is 0.238. The van der Waals surface area contributed by atoms with Gasteiger partial charge in [-0.15, -0.1) is 10.2 Å². The molecule has 2 amide bonds. The molecule has 0 N–H and O–H groups in total. The number of hydrogen-bond acceptors (Lipinski definition) is 5. The Hall–Kier alpha value is -2.45. The van der Waals surface area contributed by atoms with Gasteiger partial charge in [-0.2, -0.15) is 0 Å². The number of aromatic nitrogens is 3. The Bertz CT molecular complexity index is 1040. The van der Waals surface area contributed by atoms with Crippen molar-refractivity contribution in [3.8, 4) is 11.4 Å². The van der Waals surface area contributed by atoms with E-state index in [1.807, 2.05) is 59.2 Å². The number of amides is 2. The van der Waals surface area contributed by atoms with Crippen LogP contribution in [0.1, 0.15) is 18.4 Å². The average molecular weight is 471 g/mol. The summed E-state index contributed by atoms with van der Waals surface area (Å²) in [7, 11) is 0. The van der Waals surface area contributed by atoms with Crippen molar-refractivity contribution in [2.45, 2.75) is 24.5 Å². The molecular weight excluding hydrogens is 452 g/mol. The first-order valence-corrected chi connectivity index (χ1v) is 11.1. The lowest BCUT2D eigenvalue weighted by molar-refractivity contribution is -0.140. The minimum atomic E-state index is -0.172. The lowest BCUT2D eigenvalue weighted by Crippen LogP contribution is -2.33. The number of carbonyl (C=O) groups is 2. The molecule has 1 saturated heterocycles. The van der Waals surface area contributed by atoms with E-state index in [-0.39, 0.29) is 17.6 Å². The predicted molar refractivity (Wildman–Crippen MR) is 115 cm³/mol. The molecule has 1 fully saturated rings. The highest BCUT2D eigenvalue weighted by molar-refractivity contribution is 9.10. The van der Waals surface area contributed by atoms with E-state index in [1.165, 1.54) is 16.7 Å². The van der Waals surface area contributed by atoms with Gasteiger partial charge in [0.2, 0.25) is 11.8 Å². The number of nitrogens with zero attached hydrogens (tertiary/aromatic N) is 4. The molecule has 0 aliphatic carbocycles. The van der Waals surface area contributed by atoms with E-state index in [4.69, 9.17) is 0 Å². The van der Waals surface area contributed by atoms with Crippen LogP contribution in [0.15, 0.2) is 64.2 Å². The molecule has 0 spiro atoms. The normalized spacial score (nSPS) is 13.8. The molecule has 2 heterocycles. The van der Waals surface area contributed by atoms with Crippen LogP contribution in [-0.2, 0) is 16.1 Å². The van der Waals surface area contributed by atoms with E-state index in [2.05, 4.69) is 26.1 Å². The number of benzene rings is 2. The summed E-state index contributed by atoms with van der Waals surface area (Å²) >= 11 is 4.90. The number of likely N-dealkylation sites (tertiary alicyclic amines) is 1. The number of imide groups is 1. The topological polar surface area (TPSA) is 68.1 Å². The number of thioether (sulfide) groups is 1. The third-order valence-corrected chi connectivity index (χ3v) is 6.36. The second-order valence-electron chi connectivity index (χ2n) is 6.69. The van der Waals surface area contributed by atoms with Crippen molar-refractivity contribution < 1.29 is 9.59 Å². The van der Waals surface area contributed by atoms with Crippen LogP contribution in [0.5, 0.6) is 0 Å². The van der Waals surface area contributed by atoms with Crippen molar-refractivity contribution in [2.75, 3.05) is 12.3 Å². The van der Waals surface area contributed by atoms with E-state index < -0.39 is 0 Å². The van der Waals surface area contributed by atoms with Gasteiger partial charge in [-0.1, -0.05) is 76.2 Å². The Morgan fingerprint density at radius 1 is 1.07 bits per heavy atom. The van der Waals surface area contributed by atoms with Crippen LogP contribution in [0, 0.1) is 0 Å². The van der Waals surface area contributed by atoms with Crippen molar-refractivity contribution in [1.82, 2.24) is 19.7 Å². The monoisotopic (exact) mass is 470 g/mol. The zero-order chi connectivity index (χ0) is 20.2. The van der Waals surface area contributed by atoms with Crippen molar-refractivity contribution in [1.29, 1.82) is 0 Å². The van der Waals surface area contributed by atoms with Crippen LogP contribution in [0.4, 0.5) is 0 Å². The third kappa shape index (κ3) is 4.43. The van der Waals surface area contributed by atoms with Crippen LogP contribution in [0.25, 0.3) is 11.4 Å². The molecule has 0 saturated carbocycles. The minimum Gasteiger partial charge on any atom is -0.298 e. The highest BCUT2D eigenvalue weighted by atomic mass is 79.9. The maximum absolute atomic E-state index is 12.4. The predicted octanol–water partition coefficient (Wildman–Crippen LogP) is 4.00. The minimum absolute atomic E-state index is 0.0877. The molecular formula is C21H19BrN4O2S. The third-order valence-electron chi connectivity index (χ3n) is 4.71. The van der Waals surface area contributed by atoms with E-state index in [0.717, 1.165) is 27.8 Å². The second kappa shape index (κ2) is 8.92. The van der Waals surface area contributed by atoms with Crippen LogP contribution < -0.4 is 0 Å². The van der Waals surface area contributed by atoms with Gasteiger partial charge in [-0.05, 0) is 18.1 Å². The summed E-state index contributed by atoms with van der Waals surface area (Å²) in [5.74, 6) is 0.632. The number of rotatable bonds is 6. The summed E-state index contributed by atoms with van der Waals surface area (Å²) in [5.41, 5.74) is 2.05. The zero-order valence-electron chi connectivity index (χ0n) is 15.6. The van der Waals surface area contributed by atoms with Crippen molar-refractivity contribution in [3.63, 3.8) is 0 Å². The molecule has 3 aromatic rings. The Kier molecular flexibility index (Phi) is 6.10. The average Bonchev–Trinajstić information content (AvgIpc) is 3.34. The fourth-order valence-electron chi connectivity index (χ4n) is 3.26. The lowest BCUT2D eigenvalue weighted by Gasteiger charge is -2.14. The van der Waals surface area contributed by atoms with Gasteiger partial charge in [-0.25, -0.2) is 0 Å². The highest BCUT2D eigenvalue weighted by Crippen LogP contribution is 2.30. The fourth-order valence-corrected chi connectivity index (χ4v) is 4.54. The summed E-state index contributed by atoms with van der Waals surface area (Å²) in [4.78, 5) is 25.6. The molecule has 8 heteroatoms. The molecule has 1 aromatic heterocycles. The summed E-state index contributed by atoms with van der Waals surface area (Å²) in [6, 6.07) is 17.9. The molecule has 0 atom stereocenters. The molecule has 29 heavy (non-hydrogen) atoms. The molecule has 4 rings (SSSR count). The molecule has 1 aliphatic heterocycles. The molecule has 6 nitrogen and oxygen atoms in total. The Labute approximate surface area is 181 Å². The second-order valence-corrected chi connectivity index (χ2v) is 8.49. The SMILES string of the molecule is O=C1CCCN1C(=O)CSc1nnc(-c2ccccc2Br)n1Cc1ccccc1. The highest BCUT2D eigenvalue weighted by Gasteiger charge is 2.27. The zero-order valence-corrected chi connectivity index (χ0v) is 18.0. The van der Waals surface area contributed by atoms with Gasteiger partial charge in [0.25, 0.3) is 0 Å². The number of hydrogen-bond donors (Lipinski definition) is 0. The summed E-state index contributed by atoms with van der Waals surface area (Å²) in [6.07, 6.45) is 1.19. The van der Waals surface area contributed by atoms with Gasteiger partial charge in [0.15, 0.2) is 11.0 Å². The molecule has 0 unspecified atom stereocenters. The van der Waals surface area contributed by atoms with E-state index >= 15 is 0 Å². The van der Waals surface area contributed by atoms with E-state index in [0.29, 0.717) is 24.7 Å². The number of carbonyl (C=O) groups excluding carboxylic acids is 2. The van der Waals surface area contributed by atoms with Crippen molar-refractivity contribution in [2.24, 2.45) is 0 Å². The van der Waals surface area contributed by atoms with Crippen LogP contribution in [0.2, 0.25) is 0 Å². The van der Waals surface area contributed by atoms with Gasteiger partial charge in [-0.3, -0.25) is 19.1 Å². The smallest absolute Gasteiger partial charge is 0.239 e. The van der Waals surface area contributed by atoms with Gasteiger partial charge < -0.3 is 0 Å². The summed E-state index contributed by atoms with van der Waals surface area (Å²) < 4.78 is 2.94. The van der Waals surface area contributed by atoms with E-state index in [9.17, 15) is 9.59 Å². The van der Waals surface area contributed by atoms with Crippen molar-refractivity contribution >= 4 is 39.5 Å². The Balaban J connectivity index is 1.62. The van der Waals surface area contributed by atoms with Gasteiger partial charge in [0.05, 0.1) is 12.3 Å². The van der Waals surface area contributed by atoms with Crippen LogP contribution in [-0.4, -0.2) is 43.8 Å². The van der Waals surface area contributed by atoms with E-state index in [1.54, 1.807) is 0 Å². The molecule has 0 bridgehead atoms. The molecule has 148 valence electrons. The molecule has 0 radical (unpaired) electrons. The van der Waals surface area contributed by atoms with Crippen LogP contribution >= 0.6 is 27.7 Å². The van der Waals surface area contributed by atoms with Crippen molar-refractivity contribution in [3.05, 3.63) is 64.6 Å². The van der Waals surface area contributed by atoms with Gasteiger partial charge in [0.1, 0.15) is 0 Å². The van der Waals surface area contributed by atoms with Crippen LogP contribution in [0.3, 0.4) is 0 Å². The number of halogens is 1. The lowest BCUT2D eigenvalue weighted by atomic mass is 10.2. The molecule has 1 aliphatic rings. The largest absolute Gasteiger partial charge is 0.298 e. The Morgan fingerprint density at radius 3 is 2.55 bits per heavy atom. The summed E-state index contributed by atoms with van der Waals surface area (Å²) in [6.45, 7) is 1.10. The maximum atomic E-state index is 12.4. The summed E-state index contributed by atoms with van der Waals surface area (Å²) in [5, 5.41) is 9.40. The van der Waals surface area contributed by atoms with Gasteiger partial charge >= 0.3 is 0 Å². The molecule has 2 aromatic carbocycles. The maximum Gasteiger partial charge on any atom is 0.239 e. The first kappa shape index (κ1) is 19.8. The first-order valence-electron chi connectivity index (χ1n) is 9.31.